The molecule has 1 nitrogen and oxygen atoms in total. The molecule has 1 heterocycles. The fourth-order valence-electron chi connectivity index (χ4n) is 10.3. The van der Waals surface area contributed by atoms with Crippen LogP contribution in [-0.2, 0) is 5.41 Å². The van der Waals surface area contributed by atoms with E-state index in [9.17, 15) is 0 Å². The van der Waals surface area contributed by atoms with E-state index >= 15 is 0 Å². The van der Waals surface area contributed by atoms with Crippen LogP contribution in [0.3, 0.4) is 0 Å². The van der Waals surface area contributed by atoms with E-state index in [1.165, 1.54) is 76.3 Å². The van der Waals surface area contributed by atoms with Crippen LogP contribution in [0.15, 0.2) is 114 Å². The van der Waals surface area contributed by atoms with Crippen LogP contribution in [0.5, 0.6) is 0 Å². The monoisotopic (exact) mass is 528 g/mol. The Labute approximate surface area is 240 Å². The second-order valence-electron chi connectivity index (χ2n) is 13.3. The first-order valence-corrected chi connectivity index (χ1v) is 15.5. The molecule has 5 aliphatic rings. The van der Waals surface area contributed by atoms with Crippen molar-refractivity contribution >= 4 is 21.9 Å². The molecule has 1 aromatic heterocycles. The fraction of sp³-hybridized carbons (Fsp3) is 0.250. The van der Waals surface area contributed by atoms with Gasteiger partial charge in [-0.1, -0.05) is 91.0 Å². The molecule has 0 amide bonds. The minimum absolute atomic E-state index is 0.118. The number of benzene rings is 5. The molecule has 0 aliphatic heterocycles. The zero-order chi connectivity index (χ0) is 26.7. The predicted octanol–water partition coefficient (Wildman–Crippen LogP) is 10.6. The van der Waals surface area contributed by atoms with E-state index < -0.39 is 0 Å². The van der Waals surface area contributed by atoms with Gasteiger partial charge in [-0.05, 0) is 118 Å². The molecule has 41 heavy (non-hydrogen) atoms. The third-order valence-electron chi connectivity index (χ3n) is 11.5. The molecule has 1 heteroatoms. The lowest BCUT2D eigenvalue weighted by molar-refractivity contribution is -0.0397. The zero-order valence-electron chi connectivity index (χ0n) is 23.1. The SMILES string of the molecule is c1ccc(-c2ccc(-c3ccc4oc5ccccc5c4c3)c3c2C2(c4ccccc4-3)C3CC4CC(C3)CC2C4)cc1. The Bertz CT molecular complexity index is 1980. The van der Waals surface area contributed by atoms with Crippen LogP contribution < -0.4 is 0 Å². The summed E-state index contributed by atoms with van der Waals surface area (Å²) in [5.41, 5.74) is 13.7. The van der Waals surface area contributed by atoms with Crippen LogP contribution in [0.2, 0.25) is 0 Å². The molecule has 11 rings (SSSR count). The minimum atomic E-state index is 0.118. The van der Waals surface area contributed by atoms with Gasteiger partial charge in [-0.3, -0.25) is 0 Å². The molecule has 0 radical (unpaired) electrons. The molecule has 4 saturated carbocycles. The third kappa shape index (κ3) is 2.87. The van der Waals surface area contributed by atoms with Crippen molar-refractivity contribution in [2.45, 2.75) is 37.5 Å². The maximum Gasteiger partial charge on any atom is 0.135 e. The van der Waals surface area contributed by atoms with Crippen LogP contribution >= 0.6 is 0 Å². The summed E-state index contributed by atoms with van der Waals surface area (Å²) >= 11 is 0. The van der Waals surface area contributed by atoms with Gasteiger partial charge in [0.05, 0.1) is 0 Å². The second-order valence-corrected chi connectivity index (χ2v) is 13.3. The fourth-order valence-corrected chi connectivity index (χ4v) is 10.3. The summed E-state index contributed by atoms with van der Waals surface area (Å²) in [4.78, 5) is 0. The van der Waals surface area contributed by atoms with Crippen LogP contribution in [0.1, 0.15) is 43.2 Å². The van der Waals surface area contributed by atoms with E-state index in [1.807, 2.05) is 0 Å². The highest BCUT2D eigenvalue weighted by Gasteiger charge is 2.62. The molecule has 4 fully saturated rings. The van der Waals surface area contributed by atoms with E-state index in [0.29, 0.717) is 0 Å². The Morgan fingerprint density at radius 3 is 2.02 bits per heavy atom. The average Bonchev–Trinajstić information content (AvgIpc) is 3.54. The van der Waals surface area contributed by atoms with Crippen molar-refractivity contribution in [1.82, 2.24) is 0 Å². The van der Waals surface area contributed by atoms with Crippen LogP contribution in [0, 0.1) is 23.7 Å². The van der Waals surface area contributed by atoms with Crippen molar-refractivity contribution in [1.29, 1.82) is 0 Å². The second kappa shape index (κ2) is 8.01. The topological polar surface area (TPSA) is 13.1 Å². The van der Waals surface area contributed by atoms with E-state index in [2.05, 4.69) is 109 Å². The number of hydrogen-bond acceptors (Lipinski definition) is 1. The smallest absolute Gasteiger partial charge is 0.135 e. The van der Waals surface area contributed by atoms with Gasteiger partial charge in [-0.15, -0.1) is 0 Å². The quantitative estimate of drug-likeness (QED) is 0.218. The number of hydrogen-bond donors (Lipinski definition) is 0. The molecule has 4 bridgehead atoms. The predicted molar refractivity (Wildman–Crippen MR) is 168 cm³/mol. The van der Waals surface area contributed by atoms with E-state index in [4.69, 9.17) is 4.42 Å². The summed E-state index contributed by atoms with van der Waals surface area (Å²) in [7, 11) is 0. The molecule has 198 valence electrons. The molecular formula is C40H32O. The van der Waals surface area contributed by atoms with Gasteiger partial charge in [0.15, 0.2) is 0 Å². The zero-order valence-corrected chi connectivity index (χ0v) is 23.1. The molecule has 0 unspecified atom stereocenters. The Balaban J connectivity index is 1.31. The van der Waals surface area contributed by atoms with Crippen molar-refractivity contribution in [3.05, 3.63) is 120 Å². The normalized spacial score (nSPS) is 27.1. The van der Waals surface area contributed by atoms with E-state index in [1.54, 1.807) is 11.1 Å². The number of rotatable bonds is 2. The lowest BCUT2D eigenvalue weighted by Crippen LogP contribution is -2.55. The van der Waals surface area contributed by atoms with Gasteiger partial charge in [-0.2, -0.15) is 0 Å². The van der Waals surface area contributed by atoms with Crippen LogP contribution in [-0.4, -0.2) is 0 Å². The van der Waals surface area contributed by atoms with Gasteiger partial charge in [0, 0.05) is 16.2 Å². The van der Waals surface area contributed by atoms with Gasteiger partial charge < -0.3 is 4.42 Å². The molecular weight excluding hydrogens is 496 g/mol. The molecule has 5 aromatic carbocycles. The van der Waals surface area contributed by atoms with Gasteiger partial charge in [0.1, 0.15) is 11.2 Å². The first kappa shape index (κ1) is 22.6. The lowest BCUT2D eigenvalue weighted by Gasteiger charge is -2.61. The largest absolute Gasteiger partial charge is 0.456 e. The summed E-state index contributed by atoms with van der Waals surface area (Å²) in [5, 5.41) is 2.40. The first-order valence-electron chi connectivity index (χ1n) is 15.5. The molecule has 0 atom stereocenters. The van der Waals surface area contributed by atoms with Crippen molar-refractivity contribution in [2.75, 3.05) is 0 Å². The number of para-hydroxylation sites is 1. The average molecular weight is 529 g/mol. The van der Waals surface area contributed by atoms with E-state index in [0.717, 1.165) is 34.8 Å². The molecule has 0 N–H and O–H groups in total. The van der Waals surface area contributed by atoms with Crippen molar-refractivity contribution in [3.63, 3.8) is 0 Å². The van der Waals surface area contributed by atoms with Gasteiger partial charge in [-0.25, -0.2) is 0 Å². The van der Waals surface area contributed by atoms with Crippen molar-refractivity contribution < 1.29 is 4.42 Å². The standard InChI is InChI=1S/C40H32O/c1-2-8-26(9-3-1)31-16-15-30(27-14-17-37-34(23-27)32-10-5-7-13-36(32)41-37)38-33-11-4-6-12-35(33)40(39(31)38)28-19-24-18-25(21-28)22-29(40)20-24/h1-17,23-25,28-29H,18-22H2. The third-order valence-corrected chi connectivity index (χ3v) is 11.5. The van der Waals surface area contributed by atoms with Crippen LogP contribution in [0.25, 0.3) is 55.3 Å². The minimum Gasteiger partial charge on any atom is -0.456 e. The Hall–Kier alpha value is -4.10. The highest BCUT2D eigenvalue weighted by Crippen LogP contribution is 2.71. The number of furan rings is 1. The Morgan fingerprint density at radius 1 is 0.512 bits per heavy atom. The summed E-state index contributed by atoms with van der Waals surface area (Å²) in [6.07, 6.45) is 7.05. The van der Waals surface area contributed by atoms with E-state index in [-0.39, 0.29) is 5.41 Å². The highest BCUT2D eigenvalue weighted by molar-refractivity contribution is 6.07. The van der Waals surface area contributed by atoms with Crippen molar-refractivity contribution in [3.8, 4) is 33.4 Å². The molecule has 0 saturated heterocycles. The molecule has 6 aromatic rings. The summed E-state index contributed by atoms with van der Waals surface area (Å²) < 4.78 is 6.22. The van der Waals surface area contributed by atoms with Gasteiger partial charge in [0.2, 0.25) is 0 Å². The molecule has 5 aliphatic carbocycles. The summed E-state index contributed by atoms with van der Waals surface area (Å²) in [5.74, 6) is 3.33. The first-order chi connectivity index (χ1) is 20.3. The molecule has 1 spiro atoms. The number of fused-ring (bicyclic) bond motifs is 6. The summed E-state index contributed by atoms with van der Waals surface area (Å²) in [6.45, 7) is 0. The summed E-state index contributed by atoms with van der Waals surface area (Å²) in [6, 6.07) is 40.9. The van der Waals surface area contributed by atoms with Gasteiger partial charge in [0.25, 0.3) is 0 Å². The van der Waals surface area contributed by atoms with Gasteiger partial charge >= 0.3 is 0 Å². The van der Waals surface area contributed by atoms with Crippen molar-refractivity contribution in [2.24, 2.45) is 23.7 Å². The van der Waals surface area contributed by atoms with Crippen LogP contribution in [0.4, 0.5) is 0 Å². The lowest BCUT2D eigenvalue weighted by atomic mass is 9.42. The maximum absolute atomic E-state index is 6.22. The highest BCUT2D eigenvalue weighted by atomic mass is 16.3. The maximum atomic E-state index is 6.22. The Morgan fingerprint density at radius 2 is 1.20 bits per heavy atom. The Kier molecular flexibility index (Phi) is 4.41.